The van der Waals surface area contributed by atoms with Crippen molar-refractivity contribution in [2.24, 2.45) is 0 Å². The second-order valence-electron chi connectivity index (χ2n) is 6.00. The normalized spacial score (nSPS) is 13.7. The van der Waals surface area contributed by atoms with E-state index in [0.29, 0.717) is 30.1 Å². The Balaban J connectivity index is 1.63. The number of benzene rings is 1. The van der Waals surface area contributed by atoms with Crippen LogP contribution in [-0.4, -0.2) is 44.4 Å². The van der Waals surface area contributed by atoms with E-state index in [1.54, 1.807) is 0 Å². The first-order valence-electron chi connectivity index (χ1n) is 8.75. The minimum atomic E-state index is 0.127. The third-order valence-electron chi connectivity index (χ3n) is 4.09. The number of para-hydroxylation sites is 1. The van der Waals surface area contributed by atoms with Crippen molar-refractivity contribution in [1.29, 1.82) is 0 Å². The number of thioether (sulfide) groups is 1. The van der Waals surface area contributed by atoms with Crippen molar-refractivity contribution in [3.05, 3.63) is 35.7 Å². The monoisotopic (exact) mass is 360 g/mol. The third-order valence-corrected chi connectivity index (χ3v) is 4.92. The maximum Gasteiger partial charge on any atom is 0.233 e. The summed E-state index contributed by atoms with van der Waals surface area (Å²) in [4.78, 5) is 19.1. The molecule has 3 rings (SSSR count). The van der Waals surface area contributed by atoms with Gasteiger partial charge < -0.3 is 9.64 Å². The second-order valence-corrected chi connectivity index (χ2v) is 6.94. The number of aromatic nitrogens is 3. The fourth-order valence-corrected chi connectivity index (χ4v) is 3.33. The maximum absolute atomic E-state index is 12.7. The highest BCUT2D eigenvalue weighted by Crippen LogP contribution is 2.31. The lowest BCUT2D eigenvalue weighted by atomic mass is 10.2. The zero-order chi connectivity index (χ0) is 17.6. The number of H-pyrrole nitrogens is 1. The molecule has 1 N–H and O–H groups in total. The van der Waals surface area contributed by atoms with Crippen LogP contribution in [0.2, 0.25) is 0 Å². The van der Waals surface area contributed by atoms with E-state index in [4.69, 9.17) is 4.74 Å². The molecule has 0 atom stereocenters. The van der Waals surface area contributed by atoms with Crippen molar-refractivity contribution in [3.63, 3.8) is 0 Å². The second kappa shape index (κ2) is 8.38. The molecule has 1 aliphatic carbocycles. The molecule has 0 radical (unpaired) electrons. The van der Waals surface area contributed by atoms with E-state index in [2.05, 4.69) is 15.2 Å². The number of amides is 1. The van der Waals surface area contributed by atoms with Gasteiger partial charge in [0.1, 0.15) is 11.6 Å². The molecule has 1 heterocycles. The Kier molecular flexibility index (Phi) is 5.96. The van der Waals surface area contributed by atoms with Gasteiger partial charge in [-0.15, -0.1) is 5.10 Å². The van der Waals surface area contributed by atoms with E-state index < -0.39 is 0 Å². The average molecular weight is 360 g/mol. The fraction of sp³-hybridized carbons (Fsp3) is 0.500. The van der Waals surface area contributed by atoms with Gasteiger partial charge >= 0.3 is 0 Å². The number of hydrogen-bond donors (Lipinski definition) is 1. The van der Waals surface area contributed by atoms with Crippen LogP contribution in [0.4, 0.5) is 0 Å². The predicted octanol–water partition coefficient (Wildman–Crippen LogP) is 3.05. The van der Waals surface area contributed by atoms with E-state index >= 15 is 0 Å². The Morgan fingerprint density at radius 1 is 1.36 bits per heavy atom. The summed E-state index contributed by atoms with van der Waals surface area (Å²) in [5, 5.41) is 7.65. The molecular weight excluding hydrogens is 336 g/mol. The van der Waals surface area contributed by atoms with Gasteiger partial charge in [0, 0.05) is 24.6 Å². The van der Waals surface area contributed by atoms with Crippen LogP contribution in [0, 0.1) is 0 Å². The van der Waals surface area contributed by atoms with Crippen LogP contribution in [0.15, 0.2) is 29.4 Å². The average Bonchev–Trinajstić information content (AvgIpc) is 3.36. The highest BCUT2D eigenvalue weighted by Gasteiger charge is 2.33. The molecule has 0 unspecified atom stereocenters. The predicted molar refractivity (Wildman–Crippen MR) is 97.7 cm³/mol. The fourth-order valence-electron chi connectivity index (χ4n) is 2.63. The Labute approximate surface area is 152 Å². The highest BCUT2D eigenvalue weighted by atomic mass is 32.2. The van der Waals surface area contributed by atoms with E-state index in [-0.39, 0.29) is 5.91 Å². The van der Waals surface area contributed by atoms with E-state index in [1.165, 1.54) is 11.8 Å². The number of aromatic amines is 1. The largest absolute Gasteiger partial charge is 0.494 e. The van der Waals surface area contributed by atoms with Gasteiger partial charge in [-0.2, -0.15) is 0 Å². The van der Waals surface area contributed by atoms with Crippen LogP contribution >= 0.6 is 11.8 Å². The molecule has 6 nitrogen and oxygen atoms in total. The minimum Gasteiger partial charge on any atom is -0.494 e. The summed E-state index contributed by atoms with van der Waals surface area (Å²) in [5.74, 6) is 2.19. The van der Waals surface area contributed by atoms with Crippen LogP contribution in [0.5, 0.6) is 5.75 Å². The zero-order valence-electron chi connectivity index (χ0n) is 14.7. The van der Waals surface area contributed by atoms with Gasteiger partial charge in [0.2, 0.25) is 11.1 Å². The Hall–Kier alpha value is -2.02. The first kappa shape index (κ1) is 17.8. The molecular formula is C18H24N4O2S. The molecule has 1 aliphatic rings. The maximum atomic E-state index is 12.7. The van der Waals surface area contributed by atoms with Crippen molar-refractivity contribution in [1.82, 2.24) is 20.1 Å². The highest BCUT2D eigenvalue weighted by molar-refractivity contribution is 7.99. The summed E-state index contributed by atoms with van der Waals surface area (Å²) >= 11 is 1.39. The van der Waals surface area contributed by atoms with Crippen molar-refractivity contribution in [2.45, 2.75) is 50.9 Å². The van der Waals surface area contributed by atoms with Crippen molar-refractivity contribution < 1.29 is 9.53 Å². The quantitative estimate of drug-likeness (QED) is 0.696. The molecule has 2 aromatic rings. The lowest BCUT2D eigenvalue weighted by Gasteiger charge is -2.23. The number of rotatable bonds is 9. The molecule has 0 spiro atoms. The van der Waals surface area contributed by atoms with E-state index in [9.17, 15) is 4.79 Å². The number of aryl methyl sites for hydroxylation is 1. The molecule has 0 aliphatic heterocycles. The molecule has 1 aromatic heterocycles. The third kappa shape index (κ3) is 4.75. The first-order chi connectivity index (χ1) is 12.2. The summed E-state index contributed by atoms with van der Waals surface area (Å²) < 4.78 is 5.69. The molecule has 1 amide bonds. The topological polar surface area (TPSA) is 71.1 Å². The van der Waals surface area contributed by atoms with Crippen LogP contribution in [0.25, 0.3) is 0 Å². The molecule has 134 valence electrons. The molecule has 25 heavy (non-hydrogen) atoms. The minimum absolute atomic E-state index is 0.127. The molecule has 1 fully saturated rings. The molecule has 1 saturated carbocycles. The summed E-state index contributed by atoms with van der Waals surface area (Å²) in [6.45, 7) is 5.20. The van der Waals surface area contributed by atoms with Crippen LogP contribution in [-0.2, 0) is 17.8 Å². The smallest absolute Gasteiger partial charge is 0.233 e. The summed E-state index contributed by atoms with van der Waals surface area (Å²) in [6, 6.07) is 8.29. The van der Waals surface area contributed by atoms with Gasteiger partial charge in [0.15, 0.2) is 0 Å². The molecule has 0 saturated heterocycles. The summed E-state index contributed by atoms with van der Waals surface area (Å²) in [6.07, 6.45) is 2.96. The number of carbonyl (C=O) groups is 1. The SMILES string of the molecule is CCOc1ccccc1CN(C(=O)CSc1n[nH]c(CC)n1)C1CC1. The van der Waals surface area contributed by atoms with E-state index in [1.807, 2.05) is 43.0 Å². The summed E-state index contributed by atoms with van der Waals surface area (Å²) in [5.41, 5.74) is 1.06. The van der Waals surface area contributed by atoms with Gasteiger partial charge in [0.05, 0.1) is 12.4 Å². The number of carbonyl (C=O) groups excluding carboxylic acids is 1. The first-order valence-corrected chi connectivity index (χ1v) is 9.74. The van der Waals surface area contributed by atoms with Gasteiger partial charge in [-0.25, -0.2) is 4.98 Å². The van der Waals surface area contributed by atoms with Gasteiger partial charge in [0.25, 0.3) is 0 Å². The van der Waals surface area contributed by atoms with Gasteiger partial charge in [-0.05, 0) is 25.8 Å². The number of nitrogens with one attached hydrogen (secondary N) is 1. The number of ether oxygens (including phenoxy) is 1. The van der Waals surface area contributed by atoms with Crippen molar-refractivity contribution in [2.75, 3.05) is 12.4 Å². The van der Waals surface area contributed by atoms with Crippen LogP contribution in [0.1, 0.15) is 38.1 Å². The molecule has 1 aromatic carbocycles. The zero-order valence-corrected chi connectivity index (χ0v) is 15.5. The molecule has 0 bridgehead atoms. The lowest BCUT2D eigenvalue weighted by molar-refractivity contribution is -0.129. The van der Waals surface area contributed by atoms with Crippen molar-refractivity contribution in [3.8, 4) is 5.75 Å². The van der Waals surface area contributed by atoms with Crippen LogP contribution in [0.3, 0.4) is 0 Å². The van der Waals surface area contributed by atoms with Gasteiger partial charge in [-0.3, -0.25) is 9.89 Å². The number of hydrogen-bond acceptors (Lipinski definition) is 5. The number of nitrogens with zero attached hydrogens (tertiary/aromatic N) is 3. The van der Waals surface area contributed by atoms with Crippen molar-refractivity contribution >= 4 is 17.7 Å². The van der Waals surface area contributed by atoms with E-state index in [0.717, 1.165) is 36.4 Å². The summed E-state index contributed by atoms with van der Waals surface area (Å²) in [7, 11) is 0. The lowest BCUT2D eigenvalue weighted by Crippen LogP contribution is -2.34. The standard InChI is InChI=1S/C18H24N4O2S/c1-3-16-19-18(21-20-16)25-12-17(23)22(14-9-10-14)11-13-7-5-6-8-15(13)24-4-2/h5-8,14H,3-4,9-12H2,1-2H3,(H,19,20,21). The Bertz CT molecular complexity index is 715. The van der Waals surface area contributed by atoms with Gasteiger partial charge in [-0.1, -0.05) is 36.9 Å². The molecule has 7 heteroatoms. The van der Waals surface area contributed by atoms with Crippen LogP contribution < -0.4 is 4.74 Å². The Morgan fingerprint density at radius 2 is 2.16 bits per heavy atom. The Morgan fingerprint density at radius 3 is 2.84 bits per heavy atom.